The van der Waals surface area contributed by atoms with Gasteiger partial charge in [0.1, 0.15) is 0 Å². The Balaban J connectivity index is 1.83. The van der Waals surface area contributed by atoms with E-state index in [1.807, 2.05) is 19.1 Å². The summed E-state index contributed by atoms with van der Waals surface area (Å²) >= 11 is 0. The van der Waals surface area contributed by atoms with Crippen molar-refractivity contribution in [1.29, 1.82) is 0 Å². The number of Topliss-reactive ketones (excluding diaryl/α,β-unsaturated/α-hetero) is 1. The van der Waals surface area contributed by atoms with Crippen LogP contribution in [0.1, 0.15) is 53.6 Å². The summed E-state index contributed by atoms with van der Waals surface area (Å²) in [6.07, 6.45) is 4.93. The van der Waals surface area contributed by atoms with E-state index >= 15 is 0 Å². The molecule has 0 spiro atoms. The Kier molecular flexibility index (Phi) is 3.80. The Morgan fingerprint density at radius 3 is 2.40 bits per heavy atom. The number of hydrogen-bond donors (Lipinski definition) is 0. The summed E-state index contributed by atoms with van der Waals surface area (Å²) in [6, 6.07) is 6.06. The smallest absolute Gasteiger partial charge is 0.166 e. The molecule has 2 unspecified atom stereocenters. The Labute approximate surface area is 123 Å². The minimum atomic E-state index is -0.691. The second-order valence-electron chi connectivity index (χ2n) is 6.35. The molecule has 2 atom stereocenters. The molecule has 2 nitrogen and oxygen atoms in total. The predicted octanol–water partition coefficient (Wildman–Crippen LogP) is 3.57. The van der Waals surface area contributed by atoms with Gasteiger partial charge in [-0.1, -0.05) is 30.2 Å². The van der Waals surface area contributed by atoms with Gasteiger partial charge in [0.05, 0.1) is 0 Å². The minimum absolute atomic E-state index is 0.0874. The van der Waals surface area contributed by atoms with Crippen molar-refractivity contribution in [2.75, 3.05) is 0 Å². The molecule has 0 radical (unpaired) electrons. The first kappa shape index (κ1) is 14.0. The maximum absolute atomic E-state index is 12.8. The van der Waals surface area contributed by atoms with Gasteiger partial charge in [-0.2, -0.15) is 0 Å². The van der Waals surface area contributed by atoms with Gasteiger partial charge in [-0.15, -0.1) is 0 Å². The maximum atomic E-state index is 12.8. The molecular formula is C17H22O2S. The average molecular weight is 290 g/mol. The zero-order valence-corrected chi connectivity index (χ0v) is 13.0. The van der Waals surface area contributed by atoms with Gasteiger partial charge in [0.25, 0.3) is 0 Å². The molecule has 1 aromatic carbocycles. The van der Waals surface area contributed by atoms with Crippen LogP contribution in [0.4, 0.5) is 0 Å². The quantitative estimate of drug-likeness (QED) is 0.780. The van der Waals surface area contributed by atoms with E-state index in [2.05, 4.69) is 13.0 Å². The molecule has 0 N–H and O–H groups in total. The van der Waals surface area contributed by atoms with Gasteiger partial charge in [-0.3, -0.25) is 9.00 Å². The molecule has 0 aromatic heterocycles. The van der Waals surface area contributed by atoms with E-state index in [9.17, 15) is 9.00 Å². The first-order chi connectivity index (χ1) is 9.56. The Bertz CT molecular complexity index is 548. The highest BCUT2D eigenvalue weighted by Crippen LogP contribution is 2.38. The largest absolute Gasteiger partial charge is 0.294 e. The number of ketones is 1. The summed E-state index contributed by atoms with van der Waals surface area (Å²) in [5.74, 6) is 0.362. The van der Waals surface area contributed by atoms with Gasteiger partial charge in [-0.25, -0.2) is 0 Å². The van der Waals surface area contributed by atoms with Crippen molar-refractivity contribution in [2.45, 2.75) is 56.5 Å². The summed E-state index contributed by atoms with van der Waals surface area (Å²) in [6.45, 7) is 4.07. The predicted molar refractivity (Wildman–Crippen MR) is 82.5 cm³/mol. The summed E-state index contributed by atoms with van der Waals surface area (Å²) in [7, 11) is -0.691. The maximum Gasteiger partial charge on any atom is 0.166 e. The molecule has 3 heteroatoms. The van der Waals surface area contributed by atoms with E-state index in [1.165, 1.54) is 12.0 Å². The molecular weight excluding hydrogens is 268 g/mol. The first-order valence-electron chi connectivity index (χ1n) is 7.57. The molecule has 0 aliphatic carbocycles. The van der Waals surface area contributed by atoms with Gasteiger partial charge in [0.2, 0.25) is 0 Å². The molecule has 0 amide bonds. The average Bonchev–Trinajstić information content (AvgIpc) is 2.37. The Morgan fingerprint density at radius 1 is 1.15 bits per heavy atom. The van der Waals surface area contributed by atoms with E-state index in [0.717, 1.165) is 36.8 Å². The van der Waals surface area contributed by atoms with E-state index in [1.54, 1.807) is 0 Å². The fourth-order valence-electron chi connectivity index (χ4n) is 3.76. The molecule has 0 saturated carbocycles. The summed E-state index contributed by atoms with van der Waals surface area (Å²) in [5.41, 5.74) is 3.14. The van der Waals surface area contributed by atoms with Crippen LogP contribution in [0.2, 0.25) is 0 Å². The van der Waals surface area contributed by atoms with E-state index in [4.69, 9.17) is 0 Å². The van der Waals surface area contributed by atoms with E-state index < -0.39 is 10.8 Å². The van der Waals surface area contributed by atoms with Crippen LogP contribution in [0.3, 0.4) is 0 Å². The fraction of sp³-hybridized carbons (Fsp3) is 0.588. The van der Waals surface area contributed by atoms with Crippen LogP contribution in [-0.4, -0.2) is 20.5 Å². The third-order valence-electron chi connectivity index (χ3n) is 4.82. The number of benzene rings is 1. The van der Waals surface area contributed by atoms with Crippen LogP contribution in [0.5, 0.6) is 0 Å². The molecule has 2 bridgehead atoms. The molecule has 108 valence electrons. The highest BCUT2D eigenvalue weighted by molar-refractivity contribution is 7.86. The number of carbonyl (C=O) groups excluding carboxylic acids is 1. The summed E-state index contributed by atoms with van der Waals surface area (Å²) < 4.78 is 12.2. The zero-order chi connectivity index (χ0) is 14.3. The SMILES string of the molecule is Cc1ccc(C(=O)C2CC3CCCC(C2)S3=O)c(C)c1. The molecule has 1 aromatic rings. The van der Waals surface area contributed by atoms with Crippen LogP contribution in [0.25, 0.3) is 0 Å². The van der Waals surface area contributed by atoms with Crippen molar-refractivity contribution in [3.05, 3.63) is 34.9 Å². The van der Waals surface area contributed by atoms with Crippen LogP contribution >= 0.6 is 0 Å². The fourth-order valence-corrected chi connectivity index (χ4v) is 5.94. The highest BCUT2D eigenvalue weighted by Gasteiger charge is 2.40. The number of hydrogen-bond acceptors (Lipinski definition) is 2. The van der Waals surface area contributed by atoms with Crippen molar-refractivity contribution in [2.24, 2.45) is 5.92 Å². The second-order valence-corrected chi connectivity index (χ2v) is 8.34. The Morgan fingerprint density at radius 2 is 1.80 bits per heavy atom. The molecule has 3 rings (SSSR count). The Hall–Kier alpha value is -0.960. The third-order valence-corrected chi connectivity index (χ3v) is 6.99. The van der Waals surface area contributed by atoms with Crippen molar-refractivity contribution >= 4 is 16.6 Å². The van der Waals surface area contributed by atoms with E-state index in [-0.39, 0.29) is 22.2 Å². The summed E-state index contributed by atoms with van der Waals surface area (Å²) in [4.78, 5) is 12.8. The van der Waals surface area contributed by atoms with Gasteiger partial charge >= 0.3 is 0 Å². The zero-order valence-electron chi connectivity index (χ0n) is 12.2. The lowest BCUT2D eigenvalue weighted by atomic mass is 9.83. The highest BCUT2D eigenvalue weighted by atomic mass is 32.2. The number of rotatable bonds is 2. The minimum Gasteiger partial charge on any atom is -0.294 e. The molecule has 2 aliphatic rings. The normalized spacial score (nSPS) is 32.9. The third kappa shape index (κ3) is 2.48. The first-order valence-corrected chi connectivity index (χ1v) is 8.84. The standard InChI is InChI=1S/C17H22O2S/c1-11-6-7-16(12(2)8-11)17(18)13-9-14-4-3-5-15(10-13)20(14)19/h6-8,13-15H,3-5,9-10H2,1-2H3. The van der Waals surface area contributed by atoms with Crippen molar-refractivity contribution in [1.82, 2.24) is 0 Å². The molecule has 2 saturated heterocycles. The lowest BCUT2D eigenvalue weighted by Crippen LogP contribution is -2.41. The molecule has 2 heterocycles. The van der Waals surface area contributed by atoms with Crippen molar-refractivity contribution in [3.8, 4) is 0 Å². The van der Waals surface area contributed by atoms with Gasteiger partial charge < -0.3 is 0 Å². The second kappa shape index (κ2) is 5.44. The lowest BCUT2D eigenvalue weighted by molar-refractivity contribution is 0.0894. The van der Waals surface area contributed by atoms with E-state index in [0.29, 0.717) is 0 Å². The van der Waals surface area contributed by atoms with Crippen LogP contribution in [-0.2, 0) is 10.8 Å². The molecule has 2 aliphatic heterocycles. The van der Waals surface area contributed by atoms with Gasteiger partial charge in [-0.05, 0) is 45.1 Å². The molecule has 2 fully saturated rings. The van der Waals surface area contributed by atoms with Crippen LogP contribution in [0.15, 0.2) is 18.2 Å². The monoisotopic (exact) mass is 290 g/mol. The lowest BCUT2D eigenvalue weighted by Gasteiger charge is -2.37. The van der Waals surface area contributed by atoms with Gasteiger partial charge in [0.15, 0.2) is 5.78 Å². The van der Waals surface area contributed by atoms with Crippen molar-refractivity contribution in [3.63, 3.8) is 0 Å². The van der Waals surface area contributed by atoms with Crippen molar-refractivity contribution < 1.29 is 9.00 Å². The number of carbonyl (C=O) groups is 1. The topological polar surface area (TPSA) is 34.1 Å². The number of fused-ring (bicyclic) bond motifs is 2. The summed E-state index contributed by atoms with van der Waals surface area (Å²) in [5, 5.41) is 0.532. The van der Waals surface area contributed by atoms with Crippen LogP contribution < -0.4 is 0 Å². The molecule has 20 heavy (non-hydrogen) atoms. The van der Waals surface area contributed by atoms with Crippen LogP contribution in [0, 0.1) is 19.8 Å². The number of aryl methyl sites for hydroxylation is 2. The van der Waals surface area contributed by atoms with Gasteiger partial charge in [0, 0.05) is 32.8 Å².